The summed E-state index contributed by atoms with van der Waals surface area (Å²) >= 11 is 1.58. The van der Waals surface area contributed by atoms with Crippen LogP contribution in [0.2, 0.25) is 0 Å². The largest absolute Gasteiger partial charge is 0.352 e. The fourth-order valence-electron chi connectivity index (χ4n) is 5.53. The van der Waals surface area contributed by atoms with E-state index in [0.717, 1.165) is 52.4 Å². The molecule has 5 rings (SSSR count). The number of rotatable bonds is 10. The van der Waals surface area contributed by atoms with Gasteiger partial charge in [-0.25, -0.2) is 4.39 Å². The first-order chi connectivity index (χ1) is 20.0. The zero-order valence-corrected chi connectivity index (χ0v) is 24.5. The zero-order chi connectivity index (χ0) is 28.6. The summed E-state index contributed by atoms with van der Waals surface area (Å²) in [5.41, 5.74) is 4.07. The molecule has 2 heterocycles. The number of likely N-dealkylation sites (tertiary alicyclic amines) is 1. The number of nitrogens with zero attached hydrogens (tertiary/aromatic N) is 2. The maximum Gasteiger partial charge on any atom is 0.251 e. The second-order valence-electron chi connectivity index (χ2n) is 10.8. The molecule has 1 N–H and O–H groups in total. The number of thioether (sulfide) groups is 1. The lowest BCUT2D eigenvalue weighted by Crippen LogP contribution is -2.30. The van der Waals surface area contributed by atoms with E-state index in [0.29, 0.717) is 17.7 Å². The summed E-state index contributed by atoms with van der Waals surface area (Å²) in [6.45, 7) is 6.35. The number of benzene rings is 3. The average molecular weight is 572 g/mol. The highest BCUT2D eigenvalue weighted by atomic mass is 32.2. The summed E-state index contributed by atoms with van der Waals surface area (Å²) in [6.07, 6.45) is 7.60. The van der Waals surface area contributed by atoms with Crippen molar-refractivity contribution in [1.29, 1.82) is 0 Å². The molecule has 2 amide bonds. The number of nitrogens with one attached hydrogen (secondary N) is 1. The van der Waals surface area contributed by atoms with E-state index in [4.69, 9.17) is 0 Å². The minimum Gasteiger partial charge on any atom is -0.352 e. The lowest BCUT2D eigenvalue weighted by atomic mass is 9.99. The van der Waals surface area contributed by atoms with Crippen molar-refractivity contribution in [2.45, 2.75) is 56.9 Å². The van der Waals surface area contributed by atoms with E-state index in [1.54, 1.807) is 34.9 Å². The van der Waals surface area contributed by atoms with Crippen LogP contribution >= 0.6 is 11.8 Å². The topological polar surface area (TPSA) is 52.7 Å². The van der Waals surface area contributed by atoms with Crippen LogP contribution in [0.5, 0.6) is 0 Å². The summed E-state index contributed by atoms with van der Waals surface area (Å²) in [6, 6.07) is 20.3. The van der Waals surface area contributed by atoms with Gasteiger partial charge in [-0.15, -0.1) is 0 Å². The van der Waals surface area contributed by atoms with E-state index in [1.165, 1.54) is 32.0 Å². The van der Waals surface area contributed by atoms with Crippen molar-refractivity contribution < 1.29 is 14.0 Å². The Morgan fingerprint density at radius 1 is 1.02 bits per heavy atom. The Labute approximate surface area is 246 Å². The monoisotopic (exact) mass is 571 g/mol. The van der Waals surface area contributed by atoms with Crippen LogP contribution < -0.4 is 10.2 Å². The molecule has 214 valence electrons. The van der Waals surface area contributed by atoms with E-state index in [9.17, 15) is 14.0 Å². The molecule has 0 unspecified atom stereocenters. The van der Waals surface area contributed by atoms with E-state index < -0.39 is 0 Å². The molecule has 0 saturated carbocycles. The predicted molar refractivity (Wildman–Crippen MR) is 166 cm³/mol. The molecule has 2 aliphatic rings. The predicted octanol–water partition coefficient (Wildman–Crippen LogP) is 7.06. The van der Waals surface area contributed by atoms with Crippen LogP contribution in [-0.2, 0) is 17.8 Å². The standard InChI is InChI=1S/C34H38FN3O2S/c1-2-10-25-21-27(34(40)36-17-9-20-37-18-7-8-19-37)16-15-26(25)22-29-23-33(39)38(24-28-11-3-4-12-30(28)35)31-13-5-6-14-32(31)41-29/h3-6,11-16,21-22H,2,7-10,17-20,23-24H2,1H3,(H,36,40). The SMILES string of the molecule is CCCc1cc(C(=O)NCCCN2CCCC2)ccc1C=C1CC(=O)N(Cc2ccccc2F)c2ccccc2S1. The fourth-order valence-corrected chi connectivity index (χ4v) is 6.63. The quantitative estimate of drug-likeness (QED) is 0.265. The third-order valence-corrected chi connectivity index (χ3v) is 8.78. The molecule has 0 aromatic heterocycles. The maximum atomic E-state index is 14.5. The first kappa shape index (κ1) is 29.1. The number of carbonyl (C=O) groups is 2. The Bertz CT molecular complexity index is 1420. The Hall–Kier alpha value is -3.42. The number of amides is 2. The van der Waals surface area contributed by atoms with E-state index >= 15 is 0 Å². The molecule has 1 fully saturated rings. The summed E-state index contributed by atoms with van der Waals surface area (Å²) in [5.74, 6) is -0.427. The van der Waals surface area contributed by atoms with Crippen molar-refractivity contribution in [3.63, 3.8) is 0 Å². The number of aryl methyl sites for hydroxylation is 1. The number of carbonyl (C=O) groups excluding carboxylic acids is 2. The summed E-state index contributed by atoms with van der Waals surface area (Å²) in [4.78, 5) is 32.5. The smallest absolute Gasteiger partial charge is 0.251 e. The average Bonchev–Trinajstić information content (AvgIpc) is 3.45. The van der Waals surface area contributed by atoms with Gasteiger partial charge in [-0.1, -0.05) is 61.5 Å². The van der Waals surface area contributed by atoms with Crippen LogP contribution in [0.25, 0.3) is 6.08 Å². The van der Waals surface area contributed by atoms with Crippen molar-refractivity contribution >= 4 is 35.3 Å². The lowest BCUT2D eigenvalue weighted by molar-refractivity contribution is -0.118. The molecule has 0 atom stereocenters. The van der Waals surface area contributed by atoms with Gasteiger partial charge in [0, 0.05) is 22.6 Å². The third kappa shape index (κ3) is 7.46. The van der Waals surface area contributed by atoms with E-state index in [1.807, 2.05) is 42.5 Å². The molecular formula is C34H38FN3O2S. The first-order valence-electron chi connectivity index (χ1n) is 14.7. The van der Waals surface area contributed by atoms with Gasteiger partial charge in [0.05, 0.1) is 18.7 Å². The molecule has 7 heteroatoms. The maximum absolute atomic E-state index is 14.5. The Morgan fingerprint density at radius 2 is 1.80 bits per heavy atom. The Balaban J connectivity index is 1.33. The number of hydrogen-bond donors (Lipinski definition) is 1. The molecule has 2 aliphatic heterocycles. The van der Waals surface area contributed by atoms with Crippen LogP contribution in [0.1, 0.15) is 66.1 Å². The lowest BCUT2D eigenvalue weighted by Gasteiger charge is -2.22. The molecule has 0 aliphatic carbocycles. The van der Waals surface area contributed by atoms with Gasteiger partial charge >= 0.3 is 0 Å². The molecule has 0 radical (unpaired) electrons. The Morgan fingerprint density at radius 3 is 2.61 bits per heavy atom. The second kappa shape index (κ2) is 14.0. The molecule has 5 nitrogen and oxygen atoms in total. The molecule has 3 aromatic carbocycles. The van der Waals surface area contributed by atoms with Crippen molar-refractivity contribution in [3.05, 3.63) is 99.7 Å². The number of para-hydroxylation sites is 1. The molecule has 1 saturated heterocycles. The number of halogens is 1. The van der Waals surface area contributed by atoms with Gasteiger partial charge in [-0.3, -0.25) is 9.59 Å². The highest BCUT2D eigenvalue weighted by Crippen LogP contribution is 2.42. The van der Waals surface area contributed by atoms with Gasteiger partial charge in [0.15, 0.2) is 0 Å². The third-order valence-electron chi connectivity index (χ3n) is 7.69. The number of anilines is 1. The van der Waals surface area contributed by atoms with Gasteiger partial charge in [-0.2, -0.15) is 0 Å². The summed E-state index contributed by atoms with van der Waals surface area (Å²) < 4.78 is 14.5. The van der Waals surface area contributed by atoms with Crippen LogP contribution in [0.4, 0.5) is 10.1 Å². The zero-order valence-electron chi connectivity index (χ0n) is 23.7. The normalized spacial score (nSPS) is 16.6. The number of fused-ring (bicyclic) bond motifs is 1. The van der Waals surface area contributed by atoms with Gasteiger partial charge in [-0.05, 0) is 97.8 Å². The summed E-state index contributed by atoms with van der Waals surface area (Å²) in [7, 11) is 0. The fraction of sp³-hybridized carbons (Fsp3) is 0.353. The van der Waals surface area contributed by atoms with Gasteiger partial charge in [0.2, 0.25) is 5.91 Å². The van der Waals surface area contributed by atoms with Crippen molar-refractivity contribution in [1.82, 2.24) is 10.2 Å². The highest BCUT2D eigenvalue weighted by molar-refractivity contribution is 8.03. The molecule has 3 aromatic rings. The second-order valence-corrected chi connectivity index (χ2v) is 11.9. The molecule has 0 bridgehead atoms. The van der Waals surface area contributed by atoms with E-state index in [2.05, 4.69) is 23.2 Å². The van der Waals surface area contributed by atoms with Crippen molar-refractivity contribution in [2.75, 3.05) is 31.1 Å². The van der Waals surface area contributed by atoms with Crippen LogP contribution in [0.3, 0.4) is 0 Å². The van der Waals surface area contributed by atoms with Gasteiger partial charge in [0.25, 0.3) is 5.91 Å². The van der Waals surface area contributed by atoms with Crippen LogP contribution in [0.15, 0.2) is 76.5 Å². The summed E-state index contributed by atoms with van der Waals surface area (Å²) in [5, 5.41) is 3.08. The minimum absolute atomic E-state index is 0.0419. The molecular weight excluding hydrogens is 533 g/mol. The molecule has 0 spiro atoms. The van der Waals surface area contributed by atoms with Gasteiger partial charge in [0.1, 0.15) is 5.82 Å². The highest BCUT2D eigenvalue weighted by Gasteiger charge is 2.26. The van der Waals surface area contributed by atoms with Crippen molar-refractivity contribution in [3.8, 4) is 0 Å². The first-order valence-corrected chi connectivity index (χ1v) is 15.5. The molecule has 41 heavy (non-hydrogen) atoms. The van der Waals surface area contributed by atoms with Gasteiger partial charge < -0.3 is 15.1 Å². The van der Waals surface area contributed by atoms with Crippen LogP contribution in [-0.4, -0.2) is 42.9 Å². The van der Waals surface area contributed by atoms with Crippen LogP contribution in [0, 0.1) is 5.82 Å². The Kier molecular flexibility index (Phi) is 9.91. The van der Waals surface area contributed by atoms with E-state index in [-0.39, 0.29) is 30.6 Å². The minimum atomic E-state index is -0.314. The van der Waals surface area contributed by atoms with Crippen molar-refractivity contribution in [2.24, 2.45) is 0 Å². The number of hydrogen-bond acceptors (Lipinski definition) is 4.